The molecule has 3 aliphatic carbocycles. The lowest BCUT2D eigenvalue weighted by Crippen LogP contribution is -2.47. The highest BCUT2D eigenvalue weighted by Crippen LogP contribution is 2.58. The van der Waals surface area contributed by atoms with Gasteiger partial charge in [-0.1, -0.05) is 46.5 Å². The second-order valence-electron chi connectivity index (χ2n) is 8.65. The molecule has 19 heavy (non-hydrogen) atoms. The summed E-state index contributed by atoms with van der Waals surface area (Å²) in [5.74, 6) is 5.51. The summed E-state index contributed by atoms with van der Waals surface area (Å²) in [6.07, 6.45) is 15.2. The van der Waals surface area contributed by atoms with Gasteiger partial charge in [-0.25, -0.2) is 0 Å². The quantitative estimate of drug-likeness (QED) is 0.546. The van der Waals surface area contributed by atoms with Gasteiger partial charge in [0.2, 0.25) is 0 Å². The smallest absolute Gasteiger partial charge is 0.0323 e. The Labute approximate surface area is 120 Å². The van der Waals surface area contributed by atoms with Gasteiger partial charge < -0.3 is 0 Å². The van der Waals surface area contributed by atoms with Crippen LogP contribution >= 0.6 is 0 Å². The third-order valence-corrected chi connectivity index (χ3v) is 7.06. The Morgan fingerprint density at radius 3 is 2.37 bits per heavy atom. The van der Waals surface area contributed by atoms with Gasteiger partial charge in [-0.15, -0.1) is 0 Å². The van der Waals surface area contributed by atoms with Crippen molar-refractivity contribution >= 4 is 0 Å². The van der Waals surface area contributed by atoms with E-state index in [-0.39, 0.29) is 0 Å². The van der Waals surface area contributed by atoms with E-state index in [0.717, 1.165) is 35.0 Å². The third kappa shape index (κ3) is 2.74. The van der Waals surface area contributed by atoms with Crippen molar-refractivity contribution in [2.45, 2.75) is 85.0 Å². The lowest BCUT2D eigenvalue weighted by atomic mass is 9.50. The second kappa shape index (κ2) is 5.41. The summed E-state index contributed by atoms with van der Waals surface area (Å²) >= 11 is 0. The van der Waals surface area contributed by atoms with Crippen LogP contribution in [0.2, 0.25) is 0 Å². The van der Waals surface area contributed by atoms with E-state index in [0.29, 0.717) is 0 Å². The van der Waals surface area contributed by atoms with E-state index in [1.807, 2.05) is 0 Å². The summed E-state index contributed by atoms with van der Waals surface area (Å²) in [6, 6.07) is 0. The molecule has 0 amide bonds. The van der Waals surface area contributed by atoms with Crippen LogP contribution in [0.5, 0.6) is 0 Å². The average molecular weight is 262 g/mol. The third-order valence-electron chi connectivity index (χ3n) is 7.06. The summed E-state index contributed by atoms with van der Waals surface area (Å²) in [6.45, 7) is 7.42. The molecule has 0 radical (unpaired) electrons. The van der Waals surface area contributed by atoms with Crippen LogP contribution < -0.4 is 0 Å². The molecule has 3 rings (SSSR count). The minimum Gasteiger partial charge on any atom is -0.0654 e. The van der Waals surface area contributed by atoms with Gasteiger partial charge >= 0.3 is 0 Å². The van der Waals surface area contributed by atoms with Gasteiger partial charge in [0.15, 0.2) is 0 Å². The van der Waals surface area contributed by atoms with E-state index in [2.05, 4.69) is 20.8 Å². The standard InChI is InChI=1S/C19H34/c1-4-5-7-15-11-16(12-15)17-10-14(2)18(17)13-19(3)8-6-9-19/h14-18H,4-13H2,1-3H3. The van der Waals surface area contributed by atoms with Crippen molar-refractivity contribution < 1.29 is 0 Å². The Morgan fingerprint density at radius 2 is 1.84 bits per heavy atom. The predicted octanol–water partition coefficient (Wildman–Crippen LogP) is 6.06. The maximum absolute atomic E-state index is 2.56. The fourth-order valence-corrected chi connectivity index (χ4v) is 5.32. The van der Waals surface area contributed by atoms with E-state index in [9.17, 15) is 0 Å². The van der Waals surface area contributed by atoms with Crippen molar-refractivity contribution in [3.8, 4) is 0 Å². The van der Waals surface area contributed by atoms with Gasteiger partial charge in [0.05, 0.1) is 0 Å². The summed E-state index contributed by atoms with van der Waals surface area (Å²) in [5, 5.41) is 0. The van der Waals surface area contributed by atoms with Gasteiger partial charge in [0, 0.05) is 0 Å². The van der Waals surface area contributed by atoms with Crippen LogP contribution in [0.25, 0.3) is 0 Å². The van der Waals surface area contributed by atoms with E-state index in [4.69, 9.17) is 0 Å². The first-order valence-electron chi connectivity index (χ1n) is 9.11. The Hall–Kier alpha value is 0. The molecule has 0 nitrogen and oxygen atoms in total. The number of hydrogen-bond donors (Lipinski definition) is 0. The average Bonchev–Trinajstić information content (AvgIpc) is 2.30. The molecule has 0 aromatic rings. The van der Waals surface area contributed by atoms with Crippen LogP contribution in [0.4, 0.5) is 0 Å². The molecule has 0 N–H and O–H groups in total. The van der Waals surface area contributed by atoms with E-state index in [1.165, 1.54) is 38.5 Å². The minimum absolute atomic E-state index is 0.753. The normalized spacial score (nSPS) is 44.1. The van der Waals surface area contributed by atoms with Crippen LogP contribution in [0, 0.1) is 35.0 Å². The molecule has 0 aromatic heterocycles. The van der Waals surface area contributed by atoms with Crippen molar-refractivity contribution in [2.75, 3.05) is 0 Å². The van der Waals surface area contributed by atoms with Crippen molar-refractivity contribution in [2.24, 2.45) is 35.0 Å². The molecule has 0 spiro atoms. The molecule has 0 heterocycles. The predicted molar refractivity (Wildman–Crippen MR) is 83.1 cm³/mol. The largest absolute Gasteiger partial charge is 0.0654 e. The van der Waals surface area contributed by atoms with E-state index in [1.54, 1.807) is 25.7 Å². The summed E-state index contributed by atoms with van der Waals surface area (Å²) in [5.41, 5.74) is 0.753. The van der Waals surface area contributed by atoms with Crippen molar-refractivity contribution in [3.63, 3.8) is 0 Å². The molecule has 3 fully saturated rings. The number of hydrogen-bond acceptors (Lipinski definition) is 0. The van der Waals surface area contributed by atoms with Gasteiger partial charge in [-0.2, -0.15) is 0 Å². The minimum atomic E-state index is 0.753. The van der Waals surface area contributed by atoms with Crippen molar-refractivity contribution in [1.82, 2.24) is 0 Å². The highest BCUT2D eigenvalue weighted by Gasteiger charge is 2.49. The second-order valence-corrected chi connectivity index (χ2v) is 8.65. The highest BCUT2D eigenvalue weighted by atomic mass is 14.5. The van der Waals surface area contributed by atoms with Gasteiger partial charge in [0.25, 0.3) is 0 Å². The van der Waals surface area contributed by atoms with E-state index >= 15 is 0 Å². The van der Waals surface area contributed by atoms with E-state index < -0.39 is 0 Å². The van der Waals surface area contributed by atoms with Crippen molar-refractivity contribution in [3.05, 3.63) is 0 Å². The molecule has 3 unspecified atom stereocenters. The first kappa shape index (κ1) is 14.0. The topological polar surface area (TPSA) is 0 Å². The monoisotopic (exact) mass is 262 g/mol. The van der Waals surface area contributed by atoms with Gasteiger partial charge in [0.1, 0.15) is 0 Å². The fourth-order valence-electron chi connectivity index (χ4n) is 5.32. The Balaban J connectivity index is 1.44. The Kier molecular flexibility index (Phi) is 3.98. The van der Waals surface area contributed by atoms with Gasteiger partial charge in [-0.05, 0) is 73.5 Å². The fraction of sp³-hybridized carbons (Fsp3) is 1.00. The molecule has 0 bridgehead atoms. The first-order valence-corrected chi connectivity index (χ1v) is 9.11. The number of unbranched alkanes of at least 4 members (excludes halogenated alkanes) is 1. The summed E-state index contributed by atoms with van der Waals surface area (Å²) in [4.78, 5) is 0. The SMILES string of the molecule is CCCCC1CC(C2CC(C)C2CC2(C)CCC2)C1. The summed E-state index contributed by atoms with van der Waals surface area (Å²) < 4.78 is 0. The Morgan fingerprint density at radius 1 is 1.11 bits per heavy atom. The van der Waals surface area contributed by atoms with Crippen LogP contribution in [-0.4, -0.2) is 0 Å². The van der Waals surface area contributed by atoms with Gasteiger partial charge in [-0.3, -0.25) is 0 Å². The molecular weight excluding hydrogens is 228 g/mol. The zero-order chi connectivity index (χ0) is 13.5. The maximum atomic E-state index is 2.56. The molecule has 3 saturated carbocycles. The molecule has 3 atom stereocenters. The maximum Gasteiger partial charge on any atom is -0.0323 e. The van der Waals surface area contributed by atoms with Crippen molar-refractivity contribution in [1.29, 1.82) is 0 Å². The molecule has 0 aromatic carbocycles. The molecule has 0 aliphatic heterocycles. The highest BCUT2D eigenvalue weighted by molar-refractivity contribution is 4.99. The summed E-state index contributed by atoms with van der Waals surface area (Å²) in [7, 11) is 0. The lowest BCUT2D eigenvalue weighted by Gasteiger charge is -2.56. The van der Waals surface area contributed by atoms with Crippen LogP contribution in [0.1, 0.15) is 85.0 Å². The zero-order valence-electron chi connectivity index (χ0n) is 13.5. The molecule has 0 saturated heterocycles. The molecule has 110 valence electrons. The lowest BCUT2D eigenvalue weighted by molar-refractivity contribution is -0.0587. The molecule has 0 heteroatoms. The molecular formula is C19H34. The number of rotatable bonds is 6. The van der Waals surface area contributed by atoms with Crippen LogP contribution in [0.3, 0.4) is 0 Å². The molecule has 3 aliphatic rings. The Bertz CT molecular complexity index is 295. The van der Waals surface area contributed by atoms with Crippen LogP contribution in [-0.2, 0) is 0 Å². The zero-order valence-corrected chi connectivity index (χ0v) is 13.5. The first-order chi connectivity index (χ1) is 9.11. The van der Waals surface area contributed by atoms with Crippen LogP contribution in [0.15, 0.2) is 0 Å².